The van der Waals surface area contributed by atoms with Crippen LogP contribution >= 0.6 is 15.9 Å². The smallest absolute Gasteiger partial charge is 0.319 e. The topological polar surface area (TPSA) is 78.4 Å². The molecule has 0 spiro atoms. The summed E-state index contributed by atoms with van der Waals surface area (Å²) in [6, 6.07) is 6.97. The summed E-state index contributed by atoms with van der Waals surface area (Å²) in [5.41, 5.74) is 0.675. The molecule has 0 aromatic heterocycles. The number of anilines is 1. The van der Waals surface area contributed by atoms with E-state index < -0.39 is 5.97 Å². The average molecular weight is 357 g/mol. The predicted octanol–water partition coefficient (Wildman–Crippen LogP) is 3.71. The zero-order valence-corrected chi connectivity index (χ0v) is 13.8. The molecule has 2 amide bonds. The van der Waals surface area contributed by atoms with Gasteiger partial charge in [-0.25, -0.2) is 4.79 Å². The van der Waals surface area contributed by atoms with Crippen molar-refractivity contribution in [1.29, 1.82) is 0 Å². The first-order valence-corrected chi connectivity index (χ1v) is 7.69. The molecule has 116 valence electrons. The second kappa shape index (κ2) is 8.67. The average Bonchev–Trinajstić information content (AvgIpc) is 2.37. The third kappa shape index (κ3) is 7.13. The largest absolute Gasteiger partial charge is 0.481 e. The van der Waals surface area contributed by atoms with Gasteiger partial charge in [-0.2, -0.15) is 0 Å². The number of nitrogens with one attached hydrogen (secondary N) is 2. The Morgan fingerprint density at radius 3 is 2.52 bits per heavy atom. The van der Waals surface area contributed by atoms with Crippen molar-refractivity contribution in [3.63, 3.8) is 0 Å². The standard InChI is InChI=1S/C15H21BrN2O3/c1-10(2)7-11(8-14(19)20)9-17-15(21)18-13-6-4-3-5-12(13)16/h3-6,10-11H,7-9H2,1-2H3,(H,19,20)(H2,17,18,21)/t11-/m0/s1. The van der Waals surface area contributed by atoms with Crippen LogP contribution in [0, 0.1) is 11.8 Å². The SMILES string of the molecule is CC(C)C[C@H](CNC(=O)Nc1ccccc1Br)CC(=O)O. The number of aliphatic carboxylic acids is 1. The molecule has 1 rings (SSSR count). The number of amides is 2. The molecule has 0 radical (unpaired) electrons. The molecular weight excluding hydrogens is 336 g/mol. The number of urea groups is 1. The van der Waals surface area contributed by atoms with Gasteiger partial charge < -0.3 is 15.7 Å². The maximum atomic E-state index is 11.9. The zero-order valence-electron chi connectivity index (χ0n) is 12.2. The summed E-state index contributed by atoms with van der Waals surface area (Å²) in [7, 11) is 0. The van der Waals surface area contributed by atoms with Gasteiger partial charge in [-0.15, -0.1) is 0 Å². The Morgan fingerprint density at radius 2 is 1.95 bits per heavy atom. The van der Waals surface area contributed by atoms with E-state index in [1.54, 1.807) is 6.07 Å². The Labute approximate surface area is 133 Å². The van der Waals surface area contributed by atoms with Crippen LogP contribution in [0.4, 0.5) is 10.5 Å². The fourth-order valence-corrected chi connectivity index (χ4v) is 2.50. The van der Waals surface area contributed by atoms with Crippen LogP contribution in [0.25, 0.3) is 0 Å². The Morgan fingerprint density at radius 1 is 1.29 bits per heavy atom. The number of benzene rings is 1. The van der Waals surface area contributed by atoms with Crippen molar-refractivity contribution < 1.29 is 14.7 Å². The third-order valence-electron chi connectivity index (χ3n) is 2.94. The summed E-state index contributed by atoms with van der Waals surface area (Å²) in [6.45, 7) is 4.42. The summed E-state index contributed by atoms with van der Waals surface area (Å²) in [4.78, 5) is 22.7. The Hall–Kier alpha value is -1.56. The second-order valence-electron chi connectivity index (χ2n) is 5.41. The first-order chi connectivity index (χ1) is 9.88. The minimum Gasteiger partial charge on any atom is -0.481 e. The van der Waals surface area contributed by atoms with E-state index in [1.165, 1.54) is 0 Å². The molecule has 1 atom stereocenters. The van der Waals surface area contributed by atoms with Crippen LogP contribution in [0.1, 0.15) is 26.7 Å². The highest BCUT2D eigenvalue weighted by Gasteiger charge is 2.16. The van der Waals surface area contributed by atoms with Crippen LogP contribution in [-0.2, 0) is 4.79 Å². The van der Waals surface area contributed by atoms with E-state index in [1.807, 2.05) is 32.0 Å². The molecular formula is C15H21BrN2O3. The maximum absolute atomic E-state index is 11.9. The maximum Gasteiger partial charge on any atom is 0.319 e. The molecule has 0 aliphatic heterocycles. The number of rotatable bonds is 7. The molecule has 0 saturated heterocycles. The van der Waals surface area contributed by atoms with Gasteiger partial charge in [0, 0.05) is 17.4 Å². The quantitative estimate of drug-likeness (QED) is 0.696. The molecule has 0 heterocycles. The molecule has 0 bridgehead atoms. The fourth-order valence-electron chi connectivity index (χ4n) is 2.12. The van der Waals surface area contributed by atoms with Crippen LogP contribution in [0.2, 0.25) is 0 Å². The molecule has 0 fully saturated rings. The molecule has 0 aliphatic carbocycles. The minimum atomic E-state index is -0.839. The Bertz CT molecular complexity index is 492. The predicted molar refractivity (Wildman–Crippen MR) is 86.4 cm³/mol. The summed E-state index contributed by atoms with van der Waals surface area (Å²) >= 11 is 3.35. The van der Waals surface area contributed by atoms with Crippen molar-refractivity contribution in [3.8, 4) is 0 Å². The van der Waals surface area contributed by atoms with Gasteiger partial charge in [0.1, 0.15) is 0 Å². The highest BCUT2D eigenvalue weighted by Crippen LogP contribution is 2.21. The number of carbonyl (C=O) groups is 2. The van der Waals surface area contributed by atoms with Gasteiger partial charge in [-0.3, -0.25) is 4.79 Å². The van der Waals surface area contributed by atoms with Crippen molar-refractivity contribution in [1.82, 2.24) is 5.32 Å². The van der Waals surface area contributed by atoms with Crippen molar-refractivity contribution in [2.75, 3.05) is 11.9 Å². The number of hydrogen-bond donors (Lipinski definition) is 3. The van der Waals surface area contributed by atoms with Crippen LogP contribution in [0.15, 0.2) is 28.7 Å². The van der Waals surface area contributed by atoms with Crippen molar-refractivity contribution in [2.24, 2.45) is 11.8 Å². The normalized spacial score (nSPS) is 12.0. The minimum absolute atomic E-state index is 0.0625. The van der Waals surface area contributed by atoms with Crippen molar-refractivity contribution in [2.45, 2.75) is 26.7 Å². The lowest BCUT2D eigenvalue weighted by Crippen LogP contribution is -2.34. The van der Waals surface area contributed by atoms with E-state index in [0.29, 0.717) is 18.2 Å². The summed E-state index contributed by atoms with van der Waals surface area (Å²) in [5.74, 6) is -0.511. The molecule has 1 aromatic rings. The molecule has 5 nitrogen and oxygen atoms in total. The Balaban J connectivity index is 2.49. The number of carbonyl (C=O) groups excluding carboxylic acids is 1. The third-order valence-corrected chi connectivity index (χ3v) is 3.63. The first kappa shape index (κ1) is 17.5. The number of hydrogen-bond acceptors (Lipinski definition) is 2. The van der Waals surface area contributed by atoms with Gasteiger partial charge in [0.05, 0.1) is 5.69 Å². The van der Waals surface area contributed by atoms with Gasteiger partial charge in [0.25, 0.3) is 0 Å². The van der Waals surface area contributed by atoms with Crippen LogP contribution in [-0.4, -0.2) is 23.7 Å². The molecule has 21 heavy (non-hydrogen) atoms. The summed E-state index contributed by atoms with van der Waals surface area (Å²) in [5, 5.41) is 14.4. The molecule has 0 saturated carbocycles. The molecule has 6 heteroatoms. The van der Waals surface area contributed by atoms with E-state index >= 15 is 0 Å². The highest BCUT2D eigenvalue weighted by atomic mass is 79.9. The van der Waals surface area contributed by atoms with E-state index in [9.17, 15) is 9.59 Å². The van der Waals surface area contributed by atoms with E-state index in [2.05, 4.69) is 26.6 Å². The number of carboxylic acids is 1. The highest BCUT2D eigenvalue weighted by molar-refractivity contribution is 9.10. The van der Waals surface area contributed by atoms with Crippen LogP contribution in [0.5, 0.6) is 0 Å². The lowest BCUT2D eigenvalue weighted by Gasteiger charge is -2.18. The molecule has 0 unspecified atom stereocenters. The Kier molecular flexibility index (Phi) is 7.22. The van der Waals surface area contributed by atoms with Crippen molar-refractivity contribution in [3.05, 3.63) is 28.7 Å². The molecule has 1 aromatic carbocycles. The van der Waals surface area contributed by atoms with E-state index in [0.717, 1.165) is 10.9 Å². The van der Waals surface area contributed by atoms with Crippen LogP contribution < -0.4 is 10.6 Å². The van der Waals surface area contributed by atoms with E-state index in [-0.39, 0.29) is 18.4 Å². The van der Waals surface area contributed by atoms with Gasteiger partial charge in [-0.05, 0) is 46.3 Å². The number of para-hydroxylation sites is 1. The number of carboxylic acid groups (broad SMARTS) is 1. The fraction of sp³-hybridized carbons (Fsp3) is 0.467. The van der Waals surface area contributed by atoms with Gasteiger partial charge in [0.15, 0.2) is 0 Å². The van der Waals surface area contributed by atoms with E-state index in [4.69, 9.17) is 5.11 Å². The lowest BCUT2D eigenvalue weighted by atomic mass is 9.94. The first-order valence-electron chi connectivity index (χ1n) is 6.89. The van der Waals surface area contributed by atoms with Gasteiger partial charge in [0.2, 0.25) is 0 Å². The number of halogens is 1. The lowest BCUT2D eigenvalue weighted by molar-refractivity contribution is -0.138. The van der Waals surface area contributed by atoms with Gasteiger partial charge >= 0.3 is 12.0 Å². The van der Waals surface area contributed by atoms with Crippen LogP contribution in [0.3, 0.4) is 0 Å². The summed E-state index contributed by atoms with van der Waals surface area (Å²) < 4.78 is 0.796. The molecule has 3 N–H and O–H groups in total. The second-order valence-corrected chi connectivity index (χ2v) is 6.26. The zero-order chi connectivity index (χ0) is 15.8. The van der Waals surface area contributed by atoms with Crippen molar-refractivity contribution >= 4 is 33.6 Å². The monoisotopic (exact) mass is 356 g/mol. The summed E-state index contributed by atoms with van der Waals surface area (Å²) in [6.07, 6.45) is 0.828. The van der Waals surface area contributed by atoms with Gasteiger partial charge in [-0.1, -0.05) is 26.0 Å². The molecule has 0 aliphatic rings.